The average molecular weight is 260 g/mol. The zero-order chi connectivity index (χ0) is 13.8. The van der Waals surface area contributed by atoms with Crippen LogP contribution in [0.5, 0.6) is 0 Å². The van der Waals surface area contributed by atoms with Gasteiger partial charge in [-0.3, -0.25) is 4.79 Å². The van der Waals surface area contributed by atoms with Gasteiger partial charge in [0.25, 0.3) is 5.91 Å². The Kier molecular flexibility index (Phi) is 4.46. The fourth-order valence-corrected chi connectivity index (χ4v) is 2.46. The molecule has 3 heteroatoms. The van der Waals surface area contributed by atoms with E-state index in [1.807, 2.05) is 36.2 Å². The predicted octanol–water partition coefficient (Wildman–Crippen LogP) is 3.38. The van der Waals surface area contributed by atoms with Crippen LogP contribution in [-0.4, -0.2) is 30.4 Å². The Morgan fingerprint density at radius 1 is 1.37 bits per heavy atom. The number of amides is 1. The van der Waals surface area contributed by atoms with Crippen LogP contribution in [0.25, 0.3) is 0 Å². The average Bonchev–Trinajstić information content (AvgIpc) is 2.32. The van der Waals surface area contributed by atoms with Crippen molar-refractivity contribution < 1.29 is 4.79 Å². The molecule has 1 N–H and O–H groups in total. The van der Waals surface area contributed by atoms with Gasteiger partial charge in [0, 0.05) is 25.3 Å². The van der Waals surface area contributed by atoms with Crippen molar-refractivity contribution in [3.8, 4) is 0 Å². The van der Waals surface area contributed by atoms with Crippen LogP contribution in [0.15, 0.2) is 24.3 Å². The van der Waals surface area contributed by atoms with Gasteiger partial charge in [0.2, 0.25) is 0 Å². The Balaban J connectivity index is 2.08. The Hall–Kier alpha value is -1.51. The first-order chi connectivity index (χ1) is 9.08. The Labute approximate surface area is 116 Å². The molecule has 1 aromatic rings. The molecule has 1 amide bonds. The van der Waals surface area contributed by atoms with Gasteiger partial charge in [0.15, 0.2) is 0 Å². The zero-order valence-electron chi connectivity index (χ0n) is 12.1. The molecular formula is C16H24N2O. The topological polar surface area (TPSA) is 32.3 Å². The summed E-state index contributed by atoms with van der Waals surface area (Å²) >= 11 is 0. The van der Waals surface area contributed by atoms with E-state index in [4.69, 9.17) is 0 Å². The lowest BCUT2D eigenvalue weighted by molar-refractivity contribution is 0.0746. The summed E-state index contributed by atoms with van der Waals surface area (Å²) in [5.41, 5.74) is 1.71. The highest BCUT2D eigenvalue weighted by Crippen LogP contribution is 2.27. The summed E-state index contributed by atoms with van der Waals surface area (Å²) in [6.07, 6.45) is 3.85. The van der Waals surface area contributed by atoms with Crippen molar-refractivity contribution in [2.24, 2.45) is 5.92 Å². The molecule has 0 saturated heterocycles. The fourth-order valence-electron chi connectivity index (χ4n) is 2.46. The second kappa shape index (κ2) is 6.09. The predicted molar refractivity (Wildman–Crippen MR) is 79.5 cm³/mol. The van der Waals surface area contributed by atoms with Gasteiger partial charge in [-0.05, 0) is 44.7 Å². The SMILES string of the molecule is CC(C)Nc1ccccc1C(=O)N(C)CC1CCC1. The number of hydrogen-bond acceptors (Lipinski definition) is 2. The van der Waals surface area contributed by atoms with Crippen LogP contribution in [0.1, 0.15) is 43.5 Å². The quantitative estimate of drug-likeness (QED) is 0.880. The molecule has 2 rings (SSSR count). The Morgan fingerprint density at radius 3 is 2.63 bits per heavy atom. The lowest BCUT2D eigenvalue weighted by Crippen LogP contribution is -2.34. The van der Waals surface area contributed by atoms with E-state index in [1.54, 1.807) is 0 Å². The van der Waals surface area contributed by atoms with E-state index >= 15 is 0 Å². The molecule has 1 saturated carbocycles. The molecule has 1 fully saturated rings. The molecule has 1 aliphatic carbocycles. The molecule has 0 heterocycles. The first kappa shape index (κ1) is 13.9. The summed E-state index contributed by atoms with van der Waals surface area (Å²) in [6.45, 7) is 5.05. The lowest BCUT2D eigenvalue weighted by Gasteiger charge is -2.30. The minimum absolute atomic E-state index is 0.121. The van der Waals surface area contributed by atoms with Crippen molar-refractivity contribution in [3.05, 3.63) is 29.8 Å². The summed E-state index contributed by atoms with van der Waals surface area (Å²) < 4.78 is 0. The molecule has 104 valence electrons. The van der Waals surface area contributed by atoms with E-state index in [2.05, 4.69) is 19.2 Å². The molecule has 0 aromatic heterocycles. The Bertz CT molecular complexity index is 438. The summed E-state index contributed by atoms with van der Waals surface area (Å²) in [7, 11) is 1.91. The third-order valence-electron chi connectivity index (χ3n) is 3.71. The number of benzene rings is 1. The van der Waals surface area contributed by atoms with Gasteiger partial charge in [-0.2, -0.15) is 0 Å². The Morgan fingerprint density at radius 2 is 2.05 bits per heavy atom. The summed E-state index contributed by atoms with van der Waals surface area (Å²) in [5.74, 6) is 0.829. The number of rotatable bonds is 5. The highest BCUT2D eigenvalue weighted by molar-refractivity contribution is 5.99. The molecule has 0 aliphatic heterocycles. The van der Waals surface area contributed by atoms with Crippen molar-refractivity contribution in [1.82, 2.24) is 4.90 Å². The van der Waals surface area contributed by atoms with Crippen LogP contribution in [-0.2, 0) is 0 Å². The van der Waals surface area contributed by atoms with Crippen LogP contribution >= 0.6 is 0 Å². The first-order valence-corrected chi connectivity index (χ1v) is 7.19. The van der Waals surface area contributed by atoms with Crippen molar-refractivity contribution in [1.29, 1.82) is 0 Å². The molecule has 3 nitrogen and oxygen atoms in total. The molecule has 1 aliphatic rings. The number of nitrogens with zero attached hydrogens (tertiary/aromatic N) is 1. The summed E-state index contributed by atoms with van der Waals surface area (Å²) in [6, 6.07) is 8.10. The third-order valence-corrected chi connectivity index (χ3v) is 3.71. The van der Waals surface area contributed by atoms with E-state index < -0.39 is 0 Å². The van der Waals surface area contributed by atoms with Gasteiger partial charge in [-0.25, -0.2) is 0 Å². The number of hydrogen-bond donors (Lipinski definition) is 1. The van der Waals surface area contributed by atoms with Crippen molar-refractivity contribution in [2.45, 2.75) is 39.2 Å². The molecule has 0 unspecified atom stereocenters. The van der Waals surface area contributed by atoms with Crippen LogP contribution in [0, 0.1) is 5.92 Å². The standard InChI is InChI=1S/C16H24N2O/c1-12(2)17-15-10-5-4-9-14(15)16(19)18(3)11-13-7-6-8-13/h4-5,9-10,12-13,17H,6-8,11H2,1-3H3. The normalized spacial score (nSPS) is 15.2. The monoisotopic (exact) mass is 260 g/mol. The maximum absolute atomic E-state index is 12.5. The van der Waals surface area contributed by atoms with Gasteiger partial charge in [0.1, 0.15) is 0 Å². The van der Waals surface area contributed by atoms with Gasteiger partial charge in [-0.1, -0.05) is 18.6 Å². The smallest absolute Gasteiger partial charge is 0.255 e. The number of anilines is 1. The van der Waals surface area contributed by atoms with Gasteiger partial charge in [-0.15, -0.1) is 0 Å². The van der Waals surface area contributed by atoms with Crippen molar-refractivity contribution >= 4 is 11.6 Å². The third kappa shape index (κ3) is 3.49. The molecule has 0 bridgehead atoms. The van der Waals surface area contributed by atoms with Crippen molar-refractivity contribution in [2.75, 3.05) is 18.9 Å². The fraction of sp³-hybridized carbons (Fsp3) is 0.562. The number of carbonyl (C=O) groups is 1. The first-order valence-electron chi connectivity index (χ1n) is 7.19. The summed E-state index contributed by atoms with van der Waals surface area (Å²) in [4.78, 5) is 14.4. The zero-order valence-corrected chi connectivity index (χ0v) is 12.1. The van der Waals surface area contributed by atoms with E-state index in [0.717, 1.165) is 17.8 Å². The highest BCUT2D eigenvalue weighted by atomic mass is 16.2. The van der Waals surface area contributed by atoms with E-state index in [1.165, 1.54) is 19.3 Å². The molecule has 19 heavy (non-hydrogen) atoms. The molecule has 0 radical (unpaired) electrons. The molecule has 1 aromatic carbocycles. The number of nitrogens with one attached hydrogen (secondary N) is 1. The van der Waals surface area contributed by atoms with E-state index in [0.29, 0.717) is 12.0 Å². The number of carbonyl (C=O) groups excluding carboxylic acids is 1. The van der Waals surface area contributed by atoms with Crippen molar-refractivity contribution in [3.63, 3.8) is 0 Å². The van der Waals surface area contributed by atoms with Gasteiger partial charge in [0.05, 0.1) is 5.56 Å². The molecular weight excluding hydrogens is 236 g/mol. The van der Waals surface area contributed by atoms with Gasteiger partial charge >= 0.3 is 0 Å². The largest absolute Gasteiger partial charge is 0.382 e. The van der Waals surface area contributed by atoms with Crippen LogP contribution in [0.2, 0.25) is 0 Å². The maximum atomic E-state index is 12.5. The minimum Gasteiger partial charge on any atom is -0.382 e. The lowest BCUT2D eigenvalue weighted by atomic mass is 9.85. The van der Waals surface area contributed by atoms with E-state index in [-0.39, 0.29) is 5.91 Å². The van der Waals surface area contributed by atoms with Crippen LogP contribution < -0.4 is 5.32 Å². The highest BCUT2D eigenvalue weighted by Gasteiger charge is 2.23. The van der Waals surface area contributed by atoms with Crippen LogP contribution in [0.3, 0.4) is 0 Å². The second-order valence-electron chi connectivity index (χ2n) is 5.83. The second-order valence-corrected chi connectivity index (χ2v) is 5.83. The molecule has 0 spiro atoms. The van der Waals surface area contributed by atoms with Crippen LogP contribution in [0.4, 0.5) is 5.69 Å². The molecule has 0 atom stereocenters. The van der Waals surface area contributed by atoms with E-state index in [9.17, 15) is 4.79 Å². The number of para-hydroxylation sites is 1. The maximum Gasteiger partial charge on any atom is 0.255 e. The minimum atomic E-state index is 0.121. The van der Waals surface area contributed by atoms with Gasteiger partial charge < -0.3 is 10.2 Å². The summed E-state index contributed by atoms with van der Waals surface area (Å²) in [5, 5.41) is 3.34.